The van der Waals surface area contributed by atoms with Crippen LogP contribution in [0.15, 0.2) is 30.3 Å². The lowest BCUT2D eigenvalue weighted by Crippen LogP contribution is -2.52. The first kappa shape index (κ1) is 25.3. The number of benzene rings is 1. The molecule has 0 spiro atoms. The van der Waals surface area contributed by atoms with Crippen LogP contribution in [0.4, 0.5) is 5.82 Å². The summed E-state index contributed by atoms with van der Waals surface area (Å²) in [6.07, 6.45) is 5.74. The van der Waals surface area contributed by atoms with Crippen molar-refractivity contribution in [2.45, 2.75) is 57.3 Å². The van der Waals surface area contributed by atoms with E-state index in [0.717, 1.165) is 83.4 Å². The third-order valence-electron chi connectivity index (χ3n) is 9.43. The summed E-state index contributed by atoms with van der Waals surface area (Å²) in [4.78, 5) is 12.6. The Morgan fingerprint density at radius 1 is 1.03 bits per heavy atom. The monoisotopic (exact) mass is 528 g/mol. The molecule has 5 aliphatic rings. The van der Waals surface area contributed by atoms with Crippen LogP contribution in [0.25, 0.3) is 0 Å². The standard InChI is InChI=1S/C31H40N6O2/c32-16-27-28-20-36(17-23-4-2-1-3-5-23)11-8-26(28)29(37-18-24-6-7-25(19-37)33-24)34-30(27)39-22-31(9-10-31)21-35-12-14-38-15-13-35/h1-5,24-25,33H,6-15,17-22H2. The topological polar surface area (TPSA) is 76.9 Å². The summed E-state index contributed by atoms with van der Waals surface area (Å²) in [6.45, 7) is 9.89. The maximum absolute atomic E-state index is 10.4. The molecule has 4 fully saturated rings. The van der Waals surface area contributed by atoms with Gasteiger partial charge in [-0.05, 0) is 43.2 Å². The molecular weight excluding hydrogens is 488 g/mol. The van der Waals surface area contributed by atoms with Crippen molar-refractivity contribution < 1.29 is 9.47 Å². The molecule has 1 aromatic heterocycles. The van der Waals surface area contributed by atoms with Crippen molar-refractivity contribution in [1.82, 2.24) is 20.1 Å². The lowest BCUT2D eigenvalue weighted by atomic mass is 9.95. The minimum absolute atomic E-state index is 0.176. The summed E-state index contributed by atoms with van der Waals surface area (Å²) in [5, 5.41) is 14.2. The Hall–Kier alpha value is -2.70. The van der Waals surface area contributed by atoms with Crippen LogP contribution in [0, 0.1) is 16.7 Å². The molecule has 2 unspecified atom stereocenters. The molecule has 0 amide bonds. The lowest BCUT2D eigenvalue weighted by molar-refractivity contribution is 0.0233. The molecule has 2 bridgehead atoms. The number of nitriles is 1. The molecule has 39 heavy (non-hydrogen) atoms. The van der Waals surface area contributed by atoms with Crippen LogP contribution in [0.2, 0.25) is 0 Å². The molecular formula is C31H40N6O2. The molecule has 8 nitrogen and oxygen atoms in total. The first-order valence-corrected chi connectivity index (χ1v) is 14.8. The van der Waals surface area contributed by atoms with E-state index in [1.807, 2.05) is 0 Å². The van der Waals surface area contributed by atoms with E-state index >= 15 is 0 Å². The molecule has 2 aromatic rings. The van der Waals surface area contributed by atoms with Gasteiger partial charge in [-0.3, -0.25) is 9.80 Å². The highest BCUT2D eigenvalue weighted by Gasteiger charge is 2.45. The van der Waals surface area contributed by atoms with Gasteiger partial charge in [-0.15, -0.1) is 0 Å². The van der Waals surface area contributed by atoms with E-state index in [9.17, 15) is 5.26 Å². The van der Waals surface area contributed by atoms with Crippen molar-refractivity contribution in [3.8, 4) is 11.9 Å². The van der Waals surface area contributed by atoms with Crippen molar-refractivity contribution in [2.24, 2.45) is 5.41 Å². The first-order chi connectivity index (χ1) is 19.2. The second kappa shape index (κ2) is 10.7. The summed E-state index contributed by atoms with van der Waals surface area (Å²) in [5.41, 5.74) is 4.52. The molecule has 7 rings (SSSR count). The van der Waals surface area contributed by atoms with E-state index < -0.39 is 0 Å². The van der Waals surface area contributed by atoms with Crippen molar-refractivity contribution in [3.63, 3.8) is 0 Å². The zero-order valence-electron chi connectivity index (χ0n) is 22.9. The highest BCUT2D eigenvalue weighted by molar-refractivity contribution is 5.61. The Morgan fingerprint density at radius 2 is 1.79 bits per heavy atom. The van der Waals surface area contributed by atoms with Gasteiger partial charge in [0.25, 0.3) is 0 Å². The van der Waals surface area contributed by atoms with E-state index in [1.165, 1.54) is 36.8 Å². The first-order valence-electron chi connectivity index (χ1n) is 14.8. The fraction of sp³-hybridized carbons (Fsp3) is 0.613. The Morgan fingerprint density at radius 3 is 2.51 bits per heavy atom. The number of morpholine rings is 1. The van der Waals surface area contributed by atoms with E-state index in [-0.39, 0.29) is 5.41 Å². The number of rotatable bonds is 8. The number of fused-ring (bicyclic) bond motifs is 3. The largest absolute Gasteiger partial charge is 0.476 e. The van der Waals surface area contributed by atoms with E-state index in [2.05, 4.69) is 56.4 Å². The zero-order valence-corrected chi connectivity index (χ0v) is 22.9. The molecule has 2 atom stereocenters. The van der Waals surface area contributed by atoms with Crippen LogP contribution in [0.1, 0.15) is 47.9 Å². The third-order valence-corrected chi connectivity index (χ3v) is 9.43. The van der Waals surface area contributed by atoms with Gasteiger partial charge in [0.05, 0.1) is 19.8 Å². The number of nitrogens with one attached hydrogen (secondary N) is 1. The van der Waals surface area contributed by atoms with Crippen LogP contribution < -0.4 is 15.0 Å². The van der Waals surface area contributed by atoms with Gasteiger partial charge in [-0.1, -0.05) is 30.3 Å². The zero-order chi connectivity index (χ0) is 26.2. The van der Waals surface area contributed by atoms with Gasteiger partial charge < -0.3 is 19.7 Å². The second-order valence-electron chi connectivity index (χ2n) is 12.4. The smallest absolute Gasteiger partial charge is 0.234 e. The van der Waals surface area contributed by atoms with Gasteiger partial charge >= 0.3 is 0 Å². The van der Waals surface area contributed by atoms with Gasteiger partial charge in [0, 0.05) is 75.4 Å². The number of ether oxygens (including phenoxy) is 2. The van der Waals surface area contributed by atoms with Gasteiger partial charge in [0.1, 0.15) is 17.5 Å². The molecule has 206 valence electrons. The maximum Gasteiger partial charge on any atom is 0.234 e. The number of pyridine rings is 1. The predicted octanol–water partition coefficient (Wildman–Crippen LogP) is 2.94. The summed E-state index contributed by atoms with van der Waals surface area (Å²) < 4.78 is 12.1. The lowest BCUT2D eigenvalue weighted by Gasteiger charge is -2.38. The van der Waals surface area contributed by atoms with Crippen LogP contribution in [0.3, 0.4) is 0 Å². The highest BCUT2D eigenvalue weighted by atomic mass is 16.5. The quantitative estimate of drug-likeness (QED) is 0.561. The van der Waals surface area contributed by atoms with Crippen molar-refractivity contribution in [3.05, 3.63) is 52.6 Å². The van der Waals surface area contributed by atoms with E-state index in [1.54, 1.807) is 0 Å². The summed E-state index contributed by atoms with van der Waals surface area (Å²) in [5.74, 6) is 1.61. The molecule has 4 aliphatic heterocycles. The minimum atomic E-state index is 0.176. The highest BCUT2D eigenvalue weighted by Crippen LogP contribution is 2.47. The molecule has 8 heteroatoms. The Labute approximate surface area is 231 Å². The predicted molar refractivity (Wildman–Crippen MR) is 150 cm³/mol. The fourth-order valence-electron chi connectivity index (χ4n) is 7.05. The third kappa shape index (κ3) is 5.38. The van der Waals surface area contributed by atoms with E-state index in [4.69, 9.17) is 14.5 Å². The summed E-state index contributed by atoms with van der Waals surface area (Å²) in [6, 6.07) is 14.2. The number of piperazine rings is 1. The molecule has 5 heterocycles. The van der Waals surface area contributed by atoms with E-state index in [0.29, 0.717) is 30.1 Å². The number of nitrogens with zero attached hydrogens (tertiary/aromatic N) is 5. The second-order valence-corrected chi connectivity index (χ2v) is 12.4. The fourth-order valence-corrected chi connectivity index (χ4v) is 7.05. The minimum Gasteiger partial charge on any atom is -0.476 e. The Bertz CT molecular complexity index is 1210. The molecule has 1 aliphatic carbocycles. The normalized spacial score (nSPS) is 26.2. The van der Waals surface area contributed by atoms with Crippen LogP contribution >= 0.6 is 0 Å². The molecule has 0 radical (unpaired) electrons. The van der Waals surface area contributed by atoms with Crippen LogP contribution in [-0.2, 0) is 24.2 Å². The van der Waals surface area contributed by atoms with Gasteiger partial charge in [-0.2, -0.15) is 10.2 Å². The number of aromatic nitrogens is 1. The number of hydrogen-bond acceptors (Lipinski definition) is 8. The molecule has 1 saturated carbocycles. The van der Waals surface area contributed by atoms with Crippen LogP contribution in [-0.4, -0.2) is 86.0 Å². The van der Waals surface area contributed by atoms with Gasteiger partial charge in [0.2, 0.25) is 5.88 Å². The number of anilines is 1. The number of hydrogen-bond donors (Lipinski definition) is 1. The van der Waals surface area contributed by atoms with Gasteiger partial charge in [-0.25, -0.2) is 0 Å². The van der Waals surface area contributed by atoms with Crippen LogP contribution in [0.5, 0.6) is 5.88 Å². The molecule has 1 aromatic carbocycles. The summed E-state index contributed by atoms with van der Waals surface area (Å²) >= 11 is 0. The summed E-state index contributed by atoms with van der Waals surface area (Å²) in [7, 11) is 0. The van der Waals surface area contributed by atoms with Crippen molar-refractivity contribution in [2.75, 3.05) is 64.0 Å². The average Bonchev–Trinajstić information content (AvgIpc) is 3.65. The van der Waals surface area contributed by atoms with Crippen molar-refractivity contribution in [1.29, 1.82) is 5.26 Å². The van der Waals surface area contributed by atoms with Crippen molar-refractivity contribution >= 4 is 5.82 Å². The van der Waals surface area contributed by atoms with Gasteiger partial charge in [0.15, 0.2) is 0 Å². The molecule has 1 N–H and O–H groups in total. The molecule has 3 saturated heterocycles. The average molecular weight is 529 g/mol. The Kier molecular flexibility index (Phi) is 6.94. The SMILES string of the molecule is N#Cc1c(OCC2(CN3CCOCC3)CC2)nc(N2CC3CCC(C2)N3)c2c1CN(Cc1ccccc1)CC2. The maximum atomic E-state index is 10.4. The Balaban J connectivity index is 1.17.